The van der Waals surface area contributed by atoms with Gasteiger partial charge in [-0.3, -0.25) is 14.4 Å². The Kier molecular flexibility index (Phi) is 12.3. The van der Waals surface area contributed by atoms with Gasteiger partial charge in [0.05, 0.1) is 18.2 Å². The first-order valence-corrected chi connectivity index (χ1v) is 14.0. The van der Waals surface area contributed by atoms with Crippen molar-refractivity contribution >= 4 is 47.4 Å². The van der Waals surface area contributed by atoms with Gasteiger partial charge in [0.25, 0.3) is 5.56 Å². The van der Waals surface area contributed by atoms with Crippen LogP contribution in [0, 0.1) is 4.77 Å². The van der Waals surface area contributed by atoms with Gasteiger partial charge in [0.15, 0.2) is 18.2 Å². The average molecular weight is 628 g/mol. The summed E-state index contributed by atoms with van der Waals surface area (Å²) in [6.45, 7) is 12.6. The largest absolute Gasteiger partial charge is 0.444 e. The van der Waals surface area contributed by atoms with E-state index in [2.05, 4.69) is 10.6 Å². The number of fused-ring (bicyclic) bond motifs is 1. The van der Waals surface area contributed by atoms with Crippen molar-refractivity contribution in [3.8, 4) is 0 Å². The number of ether oxygens (including phenoxy) is 5. The molecule has 0 radical (unpaired) electrons. The van der Waals surface area contributed by atoms with Gasteiger partial charge >= 0.3 is 24.1 Å². The van der Waals surface area contributed by atoms with E-state index in [0.717, 1.165) is 4.57 Å². The molecule has 0 atom stereocenters. The van der Waals surface area contributed by atoms with Crippen LogP contribution in [0.5, 0.6) is 0 Å². The molecule has 0 spiro atoms. The van der Waals surface area contributed by atoms with Crippen LogP contribution in [0.25, 0.3) is 11.0 Å². The molecule has 0 bridgehead atoms. The fraction of sp³-hybridized carbons (Fsp3) is 0.630. The number of hydrogen-bond donors (Lipinski definition) is 2. The molecule has 2 N–H and O–H groups in total. The first kappa shape index (κ1) is 35.3. The first-order valence-electron chi connectivity index (χ1n) is 13.6. The lowest BCUT2D eigenvalue weighted by Crippen LogP contribution is -2.37. The number of carbonyl (C=O) groups is 4. The summed E-state index contributed by atoms with van der Waals surface area (Å²) in [6.07, 6.45) is -0.0933. The van der Waals surface area contributed by atoms with Gasteiger partial charge in [-0.1, -0.05) is 0 Å². The summed E-state index contributed by atoms with van der Waals surface area (Å²) in [5, 5.41) is 4.59. The van der Waals surface area contributed by atoms with Crippen LogP contribution in [0.2, 0.25) is 0 Å². The third-order valence-electron chi connectivity index (χ3n) is 5.18. The number of esters is 2. The maximum Gasteiger partial charge on any atom is 0.408 e. The molecule has 0 unspecified atom stereocenters. The summed E-state index contributed by atoms with van der Waals surface area (Å²) in [5.74, 6) is -1.60. The van der Waals surface area contributed by atoms with E-state index in [1.807, 2.05) is 13.8 Å². The number of rotatable bonds is 12. The van der Waals surface area contributed by atoms with Crippen molar-refractivity contribution in [3.63, 3.8) is 0 Å². The molecule has 0 fully saturated rings. The van der Waals surface area contributed by atoms with Gasteiger partial charge in [0.1, 0.15) is 29.8 Å². The molecule has 2 heterocycles. The van der Waals surface area contributed by atoms with Gasteiger partial charge < -0.3 is 43.5 Å². The molecule has 0 aliphatic carbocycles. The smallest absolute Gasteiger partial charge is 0.408 e. The Hall–Kier alpha value is -3.92. The SMILES string of the molecule is CC(C)OCCn1c(=S)n(COC(=O)CNC(=O)OC(C)(C)C)c(=O)c2c1ccn2COC(=O)CNC(=O)OC(C)(C)C. The zero-order valence-electron chi connectivity index (χ0n) is 25.8. The second-order valence-electron chi connectivity index (χ2n) is 11.6. The quantitative estimate of drug-likeness (QED) is 0.201. The van der Waals surface area contributed by atoms with Gasteiger partial charge in [0, 0.05) is 12.7 Å². The van der Waals surface area contributed by atoms with E-state index in [4.69, 9.17) is 35.9 Å². The van der Waals surface area contributed by atoms with Crippen molar-refractivity contribution < 1.29 is 42.9 Å². The Bertz CT molecular complexity index is 1430. The molecular weight excluding hydrogens is 586 g/mol. The molecule has 16 heteroatoms. The standard InChI is InChI=1S/C27H41N5O10S/c1-17(2)38-12-11-31-18-9-10-30(15-39-19(33)13-28-23(36)41-26(3,4)5)21(18)22(35)32(25(31)43)16-40-20(34)14-29-24(37)42-27(6,7)8/h9-10,17H,11-16H2,1-8H3,(H,28,36)(H,29,37). The number of carbonyl (C=O) groups excluding carboxylic acids is 4. The third-order valence-corrected chi connectivity index (χ3v) is 5.62. The fourth-order valence-corrected chi connectivity index (χ4v) is 3.81. The highest BCUT2D eigenvalue weighted by Gasteiger charge is 2.20. The van der Waals surface area contributed by atoms with Crippen molar-refractivity contribution in [3.05, 3.63) is 27.4 Å². The van der Waals surface area contributed by atoms with Crippen molar-refractivity contribution in [2.45, 2.75) is 92.7 Å². The molecule has 0 aromatic carbocycles. The monoisotopic (exact) mass is 627 g/mol. The highest BCUT2D eigenvalue weighted by Crippen LogP contribution is 2.15. The minimum absolute atomic E-state index is 0.0488. The van der Waals surface area contributed by atoms with Gasteiger partial charge in [-0.05, 0) is 73.7 Å². The fourth-order valence-electron chi connectivity index (χ4n) is 3.49. The van der Waals surface area contributed by atoms with Crippen LogP contribution < -0.4 is 16.2 Å². The molecule has 2 aromatic rings. The van der Waals surface area contributed by atoms with Crippen LogP contribution >= 0.6 is 12.2 Å². The number of aromatic nitrogens is 3. The lowest BCUT2D eigenvalue weighted by molar-refractivity contribution is -0.147. The topological polar surface area (TPSA) is 170 Å². The Balaban J connectivity index is 2.24. The molecule has 0 saturated carbocycles. The maximum absolute atomic E-state index is 13.5. The Labute approximate surface area is 254 Å². The lowest BCUT2D eigenvalue weighted by Gasteiger charge is -2.19. The van der Waals surface area contributed by atoms with Crippen molar-refractivity contribution in [2.24, 2.45) is 0 Å². The number of amides is 2. The molecular formula is C27H41N5O10S. The number of nitrogens with one attached hydrogen (secondary N) is 2. The van der Waals surface area contributed by atoms with Crippen LogP contribution in [0.3, 0.4) is 0 Å². The van der Waals surface area contributed by atoms with Crippen molar-refractivity contribution in [1.29, 1.82) is 0 Å². The predicted octanol–water partition coefficient (Wildman–Crippen LogP) is 2.81. The van der Waals surface area contributed by atoms with Gasteiger partial charge in [-0.15, -0.1) is 0 Å². The van der Waals surface area contributed by atoms with Gasteiger partial charge in [-0.2, -0.15) is 0 Å². The molecule has 0 saturated heterocycles. The minimum Gasteiger partial charge on any atom is -0.444 e. The van der Waals surface area contributed by atoms with Crippen LogP contribution in [0.1, 0.15) is 55.4 Å². The van der Waals surface area contributed by atoms with Crippen LogP contribution in [0.4, 0.5) is 9.59 Å². The molecule has 43 heavy (non-hydrogen) atoms. The second-order valence-corrected chi connectivity index (χ2v) is 12.0. The van der Waals surface area contributed by atoms with E-state index in [9.17, 15) is 24.0 Å². The summed E-state index contributed by atoms with van der Waals surface area (Å²) in [4.78, 5) is 61.8. The zero-order chi connectivity index (χ0) is 32.5. The number of hydrogen-bond acceptors (Lipinski definition) is 11. The third kappa shape index (κ3) is 11.7. The van der Waals surface area contributed by atoms with E-state index >= 15 is 0 Å². The molecule has 15 nitrogen and oxygen atoms in total. The van der Waals surface area contributed by atoms with E-state index in [-0.39, 0.29) is 36.3 Å². The van der Waals surface area contributed by atoms with Crippen molar-refractivity contribution in [2.75, 3.05) is 19.7 Å². The van der Waals surface area contributed by atoms with E-state index < -0.39 is 60.7 Å². The zero-order valence-corrected chi connectivity index (χ0v) is 26.6. The molecule has 2 rings (SSSR count). The van der Waals surface area contributed by atoms with Crippen molar-refractivity contribution in [1.82, 2.24) is 24.3 Å². The van der Waals surface area contributed by atoms with Gasteiger partial charge in [-0.25, -0.2) is 14.2 Å². The Morgan fingerprint density at radius 2 is 1.37 bits per heavy atom. The second kappa shape index (κ2) is 15.0. The summed E-state index contributed by atoms with van der Waals surface area (Å²) in [6, 6.07) is 1.63. The van der Waals surface area contributed by atoms with E-state index in [1.165, 1.54) is 10.8 Å². The predicted molar refractivity (Wildman–Crippen MR) is 157 cm³/mol. The van der Waals surface area contributed by atoms with Crippen LogP contribution in [0.15, 0.2) is 17.1 Å². The molecule has 0 aliphatic heterocycles. The van der Waals surface area contributed by atoms with Crippen LogP contribution in [-0.4, -0.2) is 74.8 Å². The maximum atomic E-state index is 13.5. The number of alkyl carbamates (subject to hydrolysis) is 2. The summed E-state index contributed by atoms with van der Waals surface area (Å²) in [7, 11) is 0. The van der Waals surface area contributed by atoms with E-state index in [0.29, 0.717) is 5.52 Å². The average Bonchev–Trinajstić information content (AvgIpc) is 3.28. The Morgan fingerprint density at radius 1 is 0.860 bits per heavy atom. The Morgan fingerprint density at radius 3 is 1.86 bits per heavy atom. The van der Waals surface area contributed by atoms with Crippen LogP contribution in [-0.2, 0) is 53.3 Å². The summed E-state index contributed by atoms with van der Waals surface area (Å²) >= 11 is 5.56. The highest BCUT2D eigenvalue weighted by atomic mass is 32.1. The van der Waals surface area contributed by atoms with E-state index in [1.54, 1.807) is 52.2 Å². The molecule has 240 valence electrons. The lowest BCUT2D eigenvalue weighted by atomic mass is 10.2. The normalized spacial score (nSPS) is 11.7. The van der Waals surface area contributed by atoms with Gasteiger partial charge in [0.2, 0.25) is 0 Å². The molecule has 2 amide bonds. The summed E-state index contributed by atoms with van der Waals surface area (Å²) < 4.78 is 30.5. The minimum atomic E-state index is -0.830. The number of nitrogens with zero attached hydrogens (tertiary/aromatic N) is 3. The summed E-state index contributed by atoms with van der Waals surface area (Å²) in [5.41, 5.74) is -1.53. The molecule has 0 aliphatic rings. The highest BCUT2D eigenvalue weighted by molar-refractivity contribution is 7.71. The molecule has 2 aromatic heterocycles. The first-order chi connectivity index (χ1) is 19.9.